The lowest BCUT2D eigenvalue weighted by atomic mass is 10.0. The van der Waals surface area contributed by atoms with Gasteiger partial charge in [0, 0.05) is 17.8 Å². The first-order valence-electron chi connectivity index (χ1n) is 5.87. The van der Waals surface area contributed by atoms with Gasteiger partial charge in [-0.2, -0.15) is 0 Å². The molecule has 0 aliphatic rings. The van der Waals surface area contributed by atoms with Crippen LogP contribution < -0.4 is 10.6 Å². The summed E-state index contributed by atoms with van der Waals surface area (Å²) in [5.74, 6) is 0. The van der Waals surface area contributed by atoms with Crippen molar-refractivity contribution in [3.63, 3.8) is 0 Å². The van der Waals surface area contributed by atoms with Crippen molar-refractivity contribution in [2.45, 2.75) is 40.2 Å². The van der Waals surface area contributed by atoms with Gasteiger partial charge in [0.1, 0.15) is 0 Å². The Morgan fingerprint density at radius 3 is 2.25 bits per heavy atom. The molecule has 1 aromatic rings. The van der Waals surface area contributed by atoms with Crippen molar-refractivity contribution in [3.05, 3.63) is 28.8 Å². The number of anilines is 1. The predicted molar refractivity (Wildman–Crippen MR) is 72.3 cm³/mol. The van der Waals surface area contributed by atoms with Crippen molar-refractivity contribution in [3.8, 4) is 0 Å². The van der Waals surface area contributed by atoms with E-state index in [-0.39, 0.29) is 5.54 Å². The van der Waals surface area contributed by atoms with Crippen molar-refractivity contribution in [2.24, 2.45) is 0 Å². The van der Waals surface area contributed by atoms with Crippen LogP contribution in [0.15, 0.2) is 12.1 Å². The highest BCUT2D eigenvalue weighted by atomic mass is 15.0. The molecule has 0 spiro atoms. The molecule has 0 saturated carbocycles. The molecule has 0 fully saturated rings. The summed E-state index contributed by atoms with van der Waals surface area (Å²) in [5.41, 5.74) is 5.45. The van der Waals surface area contributed by atoms with E-state index in [1.807, 2.05) is 7.05 Å². The quantitative estimate of drug-likeness (QED) is 0.815. The van der Waals surface area contributed by atoms with Gasteiger partial charge in [-0.3, -0.25) is 0 Å². The molecule has 0 aliphatic heterocycles. The number of aryl methyl sites for hydroxylation is 1. The van der Waals surface area contributed by atoms with Crippen molar-refractivity contribution >= 4 is 5.69 Å². The number of rotatable bonds is 4. The highest BCUT2D eigenvalue weighted by Gasteiger charge is 2.14. The van der Waals surface area contributed by atoms with Crippen LogP contribution in [-0.4, -0.2) is 19.1 Å². The molecule has 16 heavy (non-hydrogen) atoms. The van der Waals surface area contributed by atoms with Gasteiger partial charge >= 0.3 is 0 Å². The molecule has 0 atom stereocenters. The lowest BCUT2D eigenvalue weighted by molar-refractivity contribution is 0.448. The van der Waals surface area contributed by atoms with Gasteiger partial charge < -0.3 is 10.6 Å². The summed E-state index contributed by atoms with van der Waals surface area (Å²) in [5, 5.41) is 6.80. The molecule has 2 nitrogen and oxygen atoms in total. The molecule has 0 saturated heterocycles. The molecule has 2 N–H and O–H groups in total. The monoisotopic (exact) mass is 220 g/mol. The molecule has 0 unspecified atom stereocenters. The van der Waals surface area contributed by atoms with E-state index < -0.39 is 0 Å². The summed E-state index contributed by atoms with van der Waals surface area (Å²) in [6.45, 7) is 11.8. The molecule has 0 aromatic heterocycles. The molecule has 0 heterocycles. The van der Waals surface area contributed by atoms with Crippen LogP contribution >= 0.6 is 0 Å². The standard InChI is InChI=1S/C14H24N2/c1-10-7-8-13(12(3)11(10)2)16-9-14(4,5)15-6/h7-8,15-16H,9H2,1-6H3. The SMILES string of the molecule is CNC(C)(C)CNc1ccc(C)c(C)c1C. The van der Waals surface area contributed by atoms with Gasteiger partial charge in [-0.25, -0.2) is 0 Å². The second-order valence-corrected chi connectivity index (χ2v) is 5.17. The van der Waals surface area contributed by atoms with E-state index in [0.29, 0.717) is 0 Å². The fourth-order valence-electron chi connectivity index (χ4n) is 1.55. The van der Waals surface area contributed by atoms with Crippen molar-refractivity contribution in [1.29, 1.82) is 0 Å². The lowest BCUT2D eigenvalue weighted by Crippen LogP contribution is -2.42. The van der Waals surface area contributed by atoms with E-state index in [0.717, 1.165) is 6.54 Å². The van der Waals surface area contributed by atoms with Crippen molar-refractivity contribution in [2.75, 3.05) is 18.9 Å². The molecular weight excluding hydrogens is 196 g/mol. The molecule has 0 amide bonds. The molecule has 1 rings (SSSR count). The van der Waals surface area contributed by atoms with E-state index in [2.05, 4.69) is 57.4 Å². The summed E-state index contributed by atoms with van der Waals surface area (Å²) >= 11 is 0. The smallest absolute Gasteiger partial charge is 0.0373 e. The zero-order chi connectivity index (χ0) is 12.3. The Morgan fingerprint density at radius 1 is 1.06 bits per heavy atom. The Kier molecular flexibility index (Phi) is 3.98. The van der Waals surface area contributed by atoms with Crippen LogP contribution in [0, 0.1) is 20.8 Å². The largest absolute Gasteiger partial charge is 0.383 e. The fourth-order valence-corrected chi connectivity index (χ4v) is 1.55. The maximum atomic E-state index is 3.51. The van der Waals surface area contributed by atoms with E-state index in [4.69, 9.17) is 0 Å². The molecule has 1 aromatic carbocycles. The van der Waals surface area contributed by atoms with Crippen LogP contribution in [0.5, 0.6) is 0 Å². The topological polar surface area (TPSA) is 24.1 Å². The Hall–Kier alpha value is -1.02. The zero-order valence-electron chi connectivity index (χ0n) is 11.4. The number of nitrogens with one attached hydrogen (secondary N) is 2. The Bertz CT molecular complexity index is 367. The van der Waals surface area contributed by atoms with Crippen LogP contribution in [0.25, 0.3) is 0 Å². The Balaban J connectivity index is 2.80. The zero-order valence-corrected chi connectivity index (χ0v) is 11.4. The second-order valence-electron chi connectivity index (χ2n) is 5.17. The van der Waals surface area contributed by atoms with Gasteiger partial charge in [0.15, 0.2) is 0 Å². The summed E-state index contributed by atoms with van der Waals surface area (Å²) < 4.78 is 0. The van der Waals surface area contributed by atoms with Crippen molar-refractivity contribution in [1.82, 2.24) is 5.32 Å². The normalized spacial score (nSPS) is 11.6. The predicted octanol–water partition coefficient (Wildman–Crippen LogP) is 3.02. The number of likely N-dealkylation sites (N-methyl/N-ethyl adjacent to an activating group) is 1. The van der Waals surface area contributed by atoms with E-state index in [9.17, 15) is 0 Å². The van der Waals surface area contributed by atoms with Crippen LogP contribution in [-0.2, 0) is 0 Å². The first kappa shape index (κ1) is 13.0. The fraction of sp³-hybridized carbons (Fsp3) is 0.571. The summed E-state index contributed by atoms with van der Waals surface area (Å²) in [7, 11) is 1.99. The average Bonchev–Trinajstić information content (AvgIpc) is 2.25. The first-order chi connectivity index (χ1) is 7.37. The molecule has 0 bridgehead atoms. The van der Waals surface area contributed by atoms with Crippen LogP contribution in [0.1, 0.15) is 30.5 Å². The Labute approximate surface area is 99.5 Å². The summed E-state index contributed by atoms with van der Waals surface area (Å²) in [6.07, 6.45) is 0. The minimum Gasteiger partial charge on any atom is -0.383 e. The van der Waals surface area contributed by atoms with Crippen molar-refractivity contribution < 1.29 is 0 Å². The Morgan fingerprint density at radius 2 is 1.69 bits per heavy atom. The maximum absolute atomic E-state index is 3.51. The average molecular weight is 220 g/mol. The van der Waals surface area contributed by atoms with Crippen LogP contribution in [0.4, 0.5) is 5.69 Å². The number of hydrogen-bond donors (Lipinski definition) is 2. The van der Waals surface area contributed by atoms with Gasteiger partial charge in [-0.05, 0) is 64.4 Å². The minimum atomic E-state index is 0.116. The molecular formula is C14H24N2. The minimum absolute atomic E-state index is 0.116. The van der Waals surface area contributed by atoms with Gasteiger partial charge in [0.05, 0.1) is 0 Å². The van der Waals surface area contributed by atoms with Gasteiger partial charge in [-0.15, -0.1) is 0 Å². The van der Waals surface area contributed by atoms with E-state index >= 15 is 0 Å². The molecule has 0 radical (unpaired) electrons. The van der Waals surface area contributed by atoms with Gasteiger partial charge in [0.25, 0.3) is 0 Å². The first-order valence-corrected chi connectivity index (χ1v) is 5.87. The summed E-state index contributed by atoms with van der Waals surface area (Å²) in [4.78, 5) is 0. The second kappa shape index (κ2) is 4.88. The summed E-state index contributed by atoms with van der Waals surface area (Å²) in [6, 6.07) is 4.35. The third-order valence-electron chi connectivity index (χ3n) is 3.46. The van der Waals surface area contributed by atoms with E-state index in [1.54, 1.807) is 0 Å². The molecule has 2 heteroatoms. The number of benzene rings is 1. The van der Waals surface area contributed by atoms with Gasteiger partial charge in [0.2, 0.25) is 0 Å². The highest BCUT2D eigenvalue weighted by Crippen LogP contribution is 2.21. The third-order valence-corrected chi connectivity index (χ3v) is 3.46. The molecule has 0 aliphatic carbocycles. The maximum Gasteiger partial charge on any atom is 0.0373 e. The molecule has 90 valence electrons. The van der Waals surface area contributed by atoms with Gasteiger partial charge in [-0.1, -0.05) is 6.07 Å². The lowest BCUT2D eigenvalue weighted by Gasteiger charge is -2.26. The van der Waals surface area contributed by atoms with Crippen LogP contribution in [0.2, 0.25) is 0 Å². The van der Waals surface area contributed by atoms with E-state index in [1.165, 1.54) is 22.4 Å². The highest BCUT2D eigenvalue weighted by molar-refractivity contribution is 5.56. The third kappa shape index (κ3) is 2.99. The van der Waals surface area contributed by atoms with Crippen LogP contribution in [0.3, 0.4) is 0 Å². The number of hydrogen-bond acceptors (Lipinski definition) is 2.